The Bertz CT molecular complexity index is 609. The third-order valence-electron chi connectivity index (χ3n) is 3.62. The lowest BCUT2D eigenvalue weighted by molar-refractivity contribution is -0.129. The average Bonchev–Trinajstić information content (AvgIpc) is 2.97. The molecular weight excluding hydrogens is 330 g/mol. The fourth-order valence-corrected chi connectivity index (χ4v) is 2.61. The van der Waals surface area contributed by atoms with Gasteiger partial charge in [-0.05, 0) is 12.0 Å². The molecule has 0 spiro atoms. The third-order valence-corrected chi connectivity index (χ3v) is 4.26. The van der Waals surface area contributed by atoms with Gasteiger partial charge in [-0.25, -0.2) is 9.69 Å². The summed E-state index contributed by atoms with van der Waals surface area (Å²) in [6.07, 6.45) is -0.583. The predicted molar refractivity (Wildman–Crippen MR) is 92.8 cm³/mol. The monoisotopic (exact) mass is 351 g/mol. The highest BCUT2D eigenvalue weighted by Crippen LogP contribution is 2.20. The Hall–Kier alpha value is -2.06. The van der Waals surface area contributed by atoms with Gasteiger partial charge in [0, 0.05) is 0 Å². The van der Waals surface area contributed by atoms with Crippen LogP contribution in [0.25, 0.3) is 0 Å². The summed E-state index contributed by atoms with van der Waals surface area (Å²) in [6.45, 7) is 1.70. The van der Waals surface area contributed by atoms with Crippen LogP contribution in [-0.2, 0) is 21.0 Å². The molecule has 2 unspecified atom stereocenters. The zero-order valence-electron chi connectivity index (χ0n) is 13.4. The van der Waals surface area contributed by atoms with Crippen molar-refractivity contribution in [2.24, 2.45) is 10.9 Å². The summed E-state index contributed by atoms with van der Waals surface area (Å²) in [6, 6.07) is 9.20. The topological polar surface area (TPSA) is 94.2 Å². The van der Waals surface area contributed by atoms with E-state index in [0.717, 1.165) is 16.2 Å². The number of carbonyl (C=O) groups excluding carboxylic acids is 2. The molecular formula is C16H21N3O4S. The Kier molecular flexibility index (Phi) is 6.62. The van der Waals surface area contributed by atoms with Crippen LogP contribution in [0.5, 0.6) is 0 Å². The molecule has 0 bridgehead atoms. The number of benzene rings is 1. The van der Waals surface area contributed by atoms with Gasteiger partial charge in [-0.1, -0.05) is 42.4 Å². The van der Waals surface area contributed by atoms with Gasteiger partial charge in [0.1, 0.15) is 6.61 Å². The summed E-state index contributed by atoms with van der Waals surface area (Å²) in [5.41, 5.74) is 7.00. The second-order valence-electron chi connectivity index (χ2n) is 5.27. The van der Waals surface area contributed by atoms with E-state index < -0.39 is 18.1 Å². The summed E-state index contributed by atoms with van der Waals surface area (Å²) in [4.78, 5) is 30.5. The number of hydrogen-bond acceptors (Lipinski definition) is 7. The van der Waals surface area contributed by atoms with Gasteiger partial charge in [0.05, 0.1) is 24.1 Å². The lowest BCUT2D eigenvalue weighted by atomic mass is 10.1. The maximum atomic E-state index is 12.3. The Labute approximate surface area is 146 Å². The van der Waals surface area contributed by atoms with E-state index in [2.05, 4.69) is 17.8 Å². The molecule has 24 heavy (non-hydrogen) atoms. The predicted octanol–water partition coefficient (Wildman–Crippen LogP) is 1.57. The molecule has 1 aliphatic heterocycles. The molecule has 0 saturated carbocycles. The summed E-state index contributed by atoms with van der Waals surface area (Å²) in [5, 5.41) is 3.65. The van der Waals surface area contributed by atoms with Crippen molar-refractivity contribution >= 4 is 30.3 Å². The summed E-state index contributed by atoms with van der Waals surface area (Å²) >= 11 is 4.44. The molecule has 0 aliphatic carbocycles. The normalized spacial score (nSPS) is 19.4. The molecule has 7 nitrogen and oxygen atoms in total. The standard InChI is InChI=1S/C16H21N3O4S/c1-2-12-15(24)13(23-18-12)9-19(14(20)8-17)16(21)22-10-11-6-4-3-5-7-11/h3-7,13,15,24H,2,8-10,17H2,1H3. The van der Waals surface area contributed by atoms with Gasteiger partial charge in [0.15, 0.2) is 6.10 Å². The minimum absolute atomic E-state index is 0.00910. The number of carbonyl (C=O) groups is 2. The van der Waals surface area contributed by atoms with Crippen molar-refractivity contribution in [2.45, 2.75) is 31.3 Å². The molecule has 2 atom stereocenters. The van der Waals surface area contributed by atoms with Crippen LogP contribution < -0.4 is 5.73 Å². The molecule has 2 rings (SSSR count). The zero-order chi connectivity index (χ0) is 17.5. The average molecular weight is 351 g/mol. The number of nitrogens with two attached hydrogens (primary N) is 1. The van der Waals surface area contributed by atoms with Gasteiger partial charge in [-0.3, -0.25) is 4.79 Å². The minimum Gasteiger partial charge on any atom is -0.444 e. The first-order valence-corrected chi connectivity index (χ1v) is 8.20. The van der Waals surface area contributed by atoms with Crippen molar-refractivity contribution in [3.8, 4) is 0 Å². The first kappa shape index (κ1) is 18.3. The van der Waals surface area contributed by atoms with Crippen molar-refractivity contribution in [2.75, 3.05) is 13.1 Å². The molecule has 0 saturated heterocycles. The highest BCUT2D eigenvalue weighted by atomic mass is 32.1. The Morgan fingerprint density at radius 3 is 2.67 bits per heavy atom. The second-order valence-corrected chi connectivity index (χ2v) is 5.83. The van der Waals surface area contributed by atoms with Gasteiger partial charge < -0.3 is 15.3 Å². The Balaban J connectivity index is 1.98. The molecule has 2 N–H and O–H groups in total. The molecule has 0 fully saturated rings. The fourth-order valence-electron chi connectivity index (χ4n) is 2.23. The first-order valence-electron chi connectivity index (χ1n) is 7.68. The molecule has 0 aromatic heterocycles. The molecule has 2 amide bonds. The van der Waals surface area contributed by atoms with Crippen LogP contribution in [0.2, 0.25) is 0 Å². The summed E-state index contributed by atoms with van der Waals surface area (Å²) in [7, 11) is 0. The second kappa shape index (κ2) is 8.70. The van der Waals surface area contributed by atoms with Crippen LogP contribution in [-0.4, -0.2) is 47.1 Å². The number of imide groups is 1. The molecule has 8 heteroatoms. The maximum absolute atomic E-state index is 12.3. The zero-order valence-corrected chi connectivity index (χ0v) is 14.3. The number of nitrogens with zero attached hydrogens (tertiary/aromatic N) is 2. The molecule has 1 aromatic carbocycles. The number of oxime groups is 1. The highest BCUT2D eigenvalue weighted by molar-refractivity contribution is 7.82. The molecule has 1 aliphatic rings. The van der Waals surface area contributed by atoms with Crippen LogP contribution in [0.3, 0.4) is 0 Å². The van der Waals surface area contributed by atoms with E-state index in [4.69, 9.17) is 15.3 Å². The van der Waals surface area contributed by atoms with Crippen molar-refractivity contribution in [1.82, 2.24) is 4.90 Å². The number of amides is 2. The van der Waals surface area contributed by atoms with Gasteiger partial charge in [0.2, 0.25) is 5.91 Å². The van der Waals surface area contributed by atoms with E-state index in [1.54, 1.807) is 0 Å². The van der Waals surface area contributed by atoms with Gasteiger partial charge in [0.25, 0.3) is 0 Å². The summed E-state index contributed by atoms with van der Waals surface area (Å²) in [5.74, 6) is -0.540. The van der Waals surface area contributed by atoms with E-state index in [9.17, 15) is 9.59 Å². The quantitative estimate of drug-likeness (QED) is 0.759. The van der Waals surface area contributed by atoms with E-state index in [1.807, 2.05) is 37.3 Å². The molecule has 0 radical (unpaired) electrons. The van der Waals surface area contributed by atoms with Crippen molar-refractivity contribution < 1.29 is 19.2 Å². The van der Waals surface area contributed by atoms with Gasteiger partial charge in [-0.2, -0.15) is 12.6 Å². The lowest BCUT2D eigenvalue weighted by Crippen LogP contribution is -2.47. The SMILES string of the molecule is CCC1=NOC(CN(C(=O)CN)C(=O)OCc2ccccc2)C1S. The van der Waals surface area contributed by atoms with Crippen molar-refractivity contribution in [1.29, 1.82) is 0 Å². The van der Waals surface area contributed by atoms with Crippen LogP contribution in [0, 0.1) is 0 Å². The van der Waals surface area contributed by atoms with Crippen LogP contribution in [0.1, 0.15) is 18.9 Å². The van der Waals surface area contributed by atoms with Crippen molar-refractivity contribution in [3.05, 3.63) is 35.9 Å². The smallest absolute Gasteiger partial charge is 0.417 e. The van der Waals surface area contributed by atoms with Crippen molar-refractivity contribution in [3.63, 3.8) is 0 Å². The third kappa shape index (κ3) is 4.48. The van der Waals surface area contributed by atoms with E-state index in [0.29, 0.717) is 6.42 Å². The van der Waals surface area contributed by atoms with E-state index >= 15 is 0 Å². The van der Waals surface area contributed by atoms with Gasteiger partial charge >= 0.3 is 6.09 Å². The van der Waals surface area contributed by atoms with Crippen LogP contribution in [0.4, 0.5) is 4.79 Å². The molecule has 1 heterocycles. The largest absolute Gasteiger partial charge is 0.444 e. The fraction of sp³-hybridized carbons (Fsp3) is 0.438. The van der Waals surface area contributed by atoms with Gasteiger partial charge in [-0.15, -0.1) is 0 Å². The number of hydrogen-bond donors (Lipinski definition) is 2. The summed E-state index contributed by atoms with van der Waals surface area (Å²) < 4.78 is 5.20. The Morgan fingerprint density at radius 1 is 1.38 bits per heavy atom. The minimum atomic E-state index is -0.761. The van der Waals surface area contributed by atoms with Crippen LogP contribution in [0.15, 0.2) is 35.5 Å². The van der Waals surface area contributed by atoms with E-state index in [1.165, 1.54) is 0 Å². The number of thiol groups is 1. The first-order chi connectivity index (χ1) is 11.6. The Morgan fingerprint density at radius 2 is 2.08 bits per heavy atom. The number of rotatable bonds is 6. The van der Waals surface area contributed by atoms with E-state index in [-0.39, 0.29) is 24.9 Å². The number of ether oxygens (including phenoxy) is 1. The molecule has 130 valence electrons. The maximum Gasteiger partial charge on any atom is 0.417 e. The highest BCUT2D eigenvalue weighted by Gasteiger charge is 2.35. The lowest BCUT2D eigenvalue weighted by Gasteiger charge is -2.23. The van der Waals surface area contributed by atoms with Crippen LogP contribution >= 0.6 is 12.6 Å². The molecule has 1 aromatic rings.